The molecule has 0 amide bonds. The number of hydrogen-bond acceptors (Lipinski definition) is 3. The lowest BCUT2D eigenvalue weighted by Crippen LogP contribution is -2.40. The second-order valence-electron chi connectivity index (χ2n) is 5.49. The molecule has 0 spiro atoms. The Bertz CT molecular complexity index is 631. The zero-order valence-corrected chi connectivity index (χ0v) is 13.5. The third kappa shape index (κ3) is 4.98. The van der Waals surface area contributed by atoms with Gasteiger partial charge in [-0.2, -0.15) is 0 Å². The molecule has 122 valence electrons. The Morgan fingerprint density at radius 3 is 2.77 bits per heavy atom. The molecular formula is C15H22FN3O2S. The van der Waals surface area contributed by atoms with Gasteiger partial charge in [-0.15, -0.1) is 0 Å². The molecule has 1 aliphatic rings. The van der Waals surface area contributed by atoms with Gasteiger partial charge in [0.15, 0.2) is 15.8 Å². The molecule has 0 aliphatic carbocycles. The average Bonchev–Trinajstić information content (AvgIpc) is 2.84. The number of nitrogens with zero attached hydrogens (tertiary/aromatic N) is 1. The van der Waals surface area contributed by atoms with Crippen LogP contribution in [0.5, 0.6) is 0 Å². The van der Waals surface area contributed by atoms with Gasteiger partial charge in [0.2, 0.25) is 0 Å². The van der Waals surface area contributed by atoms with Gasteiger partial charge in [-0.1, -0.05) is 18.2 Å². The molecule has 7 heteroatoms. The number of halogens is 1. The molecule has 0 saturated carbocycles. The molecule has 1 saturated heterocycles. The van der Waals surface area contributed by atoms with E-state index in [0.29, 0.717) is 37.5 Å². The van der Waals surface area contributed by atoms with E-state index in [1.54, 1.807) is 19.2 Å². The molecule has 0 aromatic heterocycles. The molecule has 1 heterocycles. The zero-order chi connectivity index (χ0) is 16.0. The van der Waals surface area contributed by atoms with E-state index in [-0.39, 0.29) is 23.2 Å². The van der Waals surface area contributed by atoms with Gasteiger partial charge in [0.25, 0.3) is 0 Å². The molecule has 2 rings (SSSR count). The average molecular weight is 327 g/mol. The minimum atomic E-state index is -2.85. The van der Waals surface area contributed by atoms with Crippen molar-refractivity contribution in [2.24, 2.45) is 10.9 Å². The number of aliphatic imine (C=N–C) groups is 1. The maximum Gasteiger partial charge on any atom is 0.190 e. The molecule has 2 N–H and O–H groups in total. The summed E-state index contributed by atoms with van der Waals surface area (Å²) >= 11 is 0. The Morgan fingerprint density at radius 2 is 2.14 bits per heavy atom. The van der Waals surface area contributed by atoms with Crippen molar-refractivity contribution in [2.45, 2.75) is 12.8 Å². The number of sulfone groups is 1. The normalized spacial score (nSPS) is 20.8. The molecule has 1 atom stereocenters. The second kappa shape index (κ2) is 7.58. The summed E-state index contributed by atoms with van der Waals surface area (Å²) in [6.45, 7) is 1.14. The van der Waals surface area contributed by atoms with Gasteiger partial charge < -0.3 is 10.6 Å². The van der Waals surface area contributed by atoms with Crippen LogP contribution in [-0.4, -0.2) is 46.0 Å². The number of hydrogen-bond donors (Lipinski definition) is 2. The standard InChI is InChI=1S/C15H22FN3O2S/c1-17-15(19-10-12-7-9-22(20,21)11-12)18-8-6-13-4-2-3-5-14(13)16/h2-5,12H,6-11H2,1H3,(H2,17,18,19). The molecular weight excluding hydrogens is 305 g/mol. The van der Waals surface area contributed by atoms with Crippen molar-refractivity contribution in [3.8, 4) is 0 Å². The number of nitrogens with one attached hydrogen (secondary N) is 2. The summed E-state index contributed by atoms with van der Waals surface area (Å²) in [5.41, 5.74) is 0.660. The summed E-state index contributed by atoms with van der Waals surface area (Å²) in [4.78, 5) is 4.09. The monoisotopic (exact) mass is 327 g/mol. The van der Waals surface area contributed by atoms with Gasteiger partial charge in [-0.3, -0.25) is 4.99 Å². The molecule has 1 aromatic rings. The van der Waals surface area contributed by atoms with Gasteiger partial charge >= 0.3 is 0 Å². The van der Waals surface area contributed by atoms with Crippen LogP contribution in [0.3, 0.4) is 0 Å². The second-order valence-corrected chi connectivity index (χ2v) is 7.72. The van der Waals surface area contributed by atoms with Crippen LogP contribution in [0, 0.1) is 11.7 Å². The topological polar surface area (TPSA) is 70.6 Å². The molecule has 1 aromatic carbocycles. The van der Waals surface area contributed by atoms with Gasteiger partial charge in [-0.05, 0) is 30.4 Å². The highest BCUT2D eigenvalue weighted by Gasteiger charge is 2.27. The predicted molar refractivity (Wildman–Crippen MR) is 86.2 cm³/mol. The molecule has 5 nitrogen and oxygen atoms in total. The summed E-state index contributed by atoms with van der Waals surface area (Å²) in [5.74, 6) is 1.06. The van der Waals surface area contributed by atoms with Gasteiger partial charge in [0.05, 0.1) is 11.5 Å². The third-order valence-electron chi connectivity index (χ3n) is 3.75. The van der Waals surface area contributed by atoms with Crippen LogP contribution in [0.4, 0.5) is 4.39 Å². The Labute approximate surface area is 130 Å². The van der Waals surface area contributed by atoms with E-state index in [1.807, 2.05) is 6.07 Å². The van der Waals surface area contributed by atoms with Crippen LogP contribution in [0.2, 0.25) is 0 Å². The number of guanidine groups is 1. The fourth-order valence-corrected chi connectivity index (χ4v) is 4.37. The van der Waals surface area contributed by atoms with E-state index < -0.39 is 9.84 Å². The fourth-order valence-electron chi connectivity index (χ4n) is 2.51. The van der Waals surface area contributed by atoms with Crippen molar-refractivity contribution in [1.82, 2.24) is 10.6 Å². The van der Waals surface area contributed by atoms with Crippen LogP contribution < -0.4 is 10.6 Å². The van der Waals surface area contributed by atoms with Crippen molar-refractivity contribution in [1.29, 1.82) is 0 Å². The van der Waals surface area contributed by atoms with Gasteiger partial charge in [0.1, 0.15) is 5.82 Å². The lowest BCUT2D eigenvalue weighted by Gasteiger charge is -2.14. The molecule has 1 unspecified atom stereocenters. The van der Waals surface area contributed by atoms with E-state index in [1.165, 1.54) is 6.07 Å². The minimum absolute atomic E-state index is 0.134. The van der Waals surface area contributed by atoms with Crippen LogP contribution in [-0.2, 0) is 16.3 Å². The third-order valence-corrected chi connectivity index (χ3v) is 5.59. The van der Waals surface area contributed by atoms with Crippen LogP contribution in [0.1, 0.15) is 12.0 Å². The first-order valence-corrected chi connectivity index (χ1v) is 9.20. The first kappa shape index (κ1) is 16.7. The predicted octanol–water partition coefficient (Wildman–Crippen LogP) is 0.968. The number of rotatable bonds is 5. The van der Waals surface area contributed by atoms with Crippen molar-refractivity contribution in [3.63, 3.8) is 0 Å². The summed E-state index contributed by atoms with van der Waals surface area (Å²) in [5, 5.41) is 6.24. The van der Waals surface area contributed by atoms with Crippen LogP contribution >= 0.6 is 0 Å². The molecule has 0 radical (unpaired) electrons. The molecule has 1 aliphatic heterocycles. The maximum absolute atomic E-state index is 13.5. The smallest absolute Gasteiger partial charge is 0.190 e. The summed E-state index contributed by atoms with van der Waals surface area (Å²) in [7, 11) is -1.19. The van der Waals surface area contributed by atoms with E-state index >= 15 is 0 Å². The highest BCUT2D eigenvalue weighted by atomic mass is 32.2. The van der Waals surface area contributed by atoms with E-state index in [0.717, 1.165) is 0 Å². The summed E-state index contributed by atoms with van der Waals surface area (Å²) in [6.07, 6.45) is 1.26. The van der Waals surface area contributed by atoms with Crippen LogP contribution in [0.25, 0.3) is 0 Å². The molecule has 1 fully saturated rings. The maximum atomic E-state index is 13.5. The van der Waals surface area contributed by atoms with E-state index in [9.17, 15) is 12.8 Å². The quantitative estimate of drug-likeness (QED) is 0.624. The van der Waals surface area contributed by atoms with Gasteiger partial charge in [0, 0.05) is 20.1 Å². The Morgan fingerprint density at radius 1 is 1.36 bits per heavy atom. The SMILES string of the molecule is CN=C(NCCc1ccccc1F)NCC1CCS(=O)(=O)C1. The Balaban J connectivity index is 1.73. The summed E-state index contributed by atoms with van der Waals surface area (Å²) in [6, 6.07) is 6.69. The lowest BCUT2D eigenvalue weighted by atomic mass is 10.1. The first-order valence-electron chi connectivity index (χ1n) is 7.38. The molecule has 0 bridgehead atoms. The fraction of sp³-hybridized carbons (Fsp3) is 0.533. The highest BCUT2D eigenvalue weighted by molar-refractivity contribution is 7.91. The highest BCUT2D eigenvalue weighted by Crippen LogP contribution is 2.17. The van der Waals surface area contributed by atoms with Crippen molar-refractivity contribution in [3.05, 3.63) is 35.6 Å². The molecule has 22 heavy (non-hydrogen) atoms. The van der Waals surface area contributed by atoms with Crippen LogP contribution in [0.15, 0.2) is 29.3 Å². The lowest BCUT2D eigenvalue weighted by molar-refractivity contribution is 0.566. The zero-order valence-electron chi connectivity index (χ0n) is 12.7. The number of benzene rings is 1. The Kier molecular flexibility index (Phi) is 5.76. The van der Waals surface area contributed by atoms with E-state index in [4.69, 9.17) is 0 Å². The van der Waals surface area contributed by atoms with Crippen molar-refractivity contribution in [2.75, 3.05) is 31.6 Å². The Hall–Kier alpha value is -1.63. The van der Waals surface area contributed by atoms with Crippen molar-refractivity contribution < 1.29 is 12.8 Å². The van der Waals surface area contributed by atoms with Gasteiger partial charge in [-0.25, -0.2) is 12.8 Å². The van der Waals surface area contributed by atoms with Crippen molar-refractivity contribution >= 4 is 15.8 Å². The first-order chi connectivity index (χ1) is 10.5. The largest absolute Gasteiger partial charge is 0.356 e. The van der Waals surface area contributed by atoms with E-state index in [2.05, 4.69) is 15.6 Å². The minimum Gasteiger partial charge on any atom is -0.356 e. The summed E-state index contributed by atoms with van der Waals surface area (Å²) < 4.78 is 36.3.